The van der Waals surface area contributed by atoms with Crippen molar-refractivity contribution in [2.45, 2.75) is 0 Å². The van der Waals surface area contributed by atoms with E-state index in [-0.39, 0.29) is 0 Å². The van der Waals surface area contributed by atoms with Crippen LogP contribution < -0.4 is 5.73 Å². The molecule has 0 radical (unpaired) electrons. The molecule has 0 saturated carbocycles. The smallest absolute Gasteiger partial charge is 0.0541 e. The summed E-state index contributed by atoms with van der Waals surface area (Å²) in [5, 5.41) is 5.00. The number of rotatable bonds is 2. The second kappa shape index (κ2) is 6.50. The number of hydrogen-bond acceptors (Lipinski definition) is 1. The van der Waals surface area contributed by atoms with E-state index in [9.17, 15) is 0 Å². The first-order valence-electron chi connectivity index (χ1n) is 10.2. The molecule has 0 atom stereocenters. The van der Waals surface area contributed by atoms with Gasteiger partial charge in [0.2, 0.25) is 0 Å². The first-order valence-corrected chi connectivity index (χ1v) is 10.2. The van der Waals surface area contributed by atoms with Crippen molar-refractivity contribution in [1.82, 2.24) is 4.57 Å². The fourth-order valence-corrected chi connectivity index (χ4v) is 4.63. The maximum absolute atomic E-state index is 6.07. The van der Waals surface area contributed by atoms with Crippen LogP contribution in [0.4, 0.5) is 5.69 Å². The summed E-state index contributed by atoms with van der Waals surface area (Å²) in [5.41, 5.74) is 12.8. The summed E-state index contributed by atoms with van der Waals surface area (Å²) in [6.45, 7) is 0. The van der Waals surface area contributed by atoms with Crippen LogP contribution in [-0.2, 0) is 0 Å². The SMILES string of the molecule is Nc1cccc(-c2cccc3c(-n4c5ccccc5c5ccccc54)cccc23)c1. The average Bonchev–Trinajstić information content (AvgIpc) is 3.13. The number of hydrogen-bond donors (Lipinski definition) is 1. The average molecular weight is 384 g/mol. The Kier molecular flexibility index (Phi) is 3.65. The molecule has 2 nitrogen and oxygen atoms in total. The van der Waals surface area contributed by atoms with Gasteiger partial charge in [-0.05, 0) is 46.8 Å². The number of nitrogen functional groups attached to an aromatic ring is 1. The maximum atomic E-state index is 6.07. The molecule has 0 unspecified atom stereocenters. The van der Waals surface area contributed by atoms with E-state index < -0.39 is 0 Å². The summed E-state index contributed by atoms with van der Waals surface area (Å²) < 4.78 is 2.39. The monoisotopic (exact) mass is 384 g/mol. The topological polar surface area (TPSA) is 30.9 Å². The molecule has 1 aromatic heterocycles. The van der Waals surface area contributed by atoms with Gasteiger partial charge in [0.25, 0.3) is 0 Å². The number of nitrogens with zero attached hydrogens (tertiary/aromatic N) is 1. The van der Waals surface area contributed by atoms with Crippen molar-refractivity contribution < 1.29 is 0 Å². The highest BCUT2D eigenvalue weighted by Gasteiger charge is 2.14. The standard InChI is InChI=1S/C28H20N2/c29-20-9-5-8-19(18-20)21-12-6-14-23-22(21)13-7-17-28(23)30-26-15-3-1-10-24(26)25-11-2-4-16-27(25)30/h1-18H,29H2. The molecule has 30 heavy (non-hydrogen) atoms. The second-order valence-corrected chi connectivity index (χ2v) is 7.67. The zero-order valence-electron chi connectivity index (χ0n) is 16.4. The Labute approximate surface area is 174 Å². The normalized spacial score (nSPS) is 11.5. The predicted octanol–water partition coefficient (Wildman–Crippen LogP) is 7.19. The molecule has 1 heterocycles. The highest BCUT2D eigenvalue weighted by atomic mass is 15.0. The third kappa shape index (κ3) is 2.44. The number of benzene rings is 5. The van der Waals surface area contributed by atoms with E-state index >= 15 is 0 Å². The lowest BCUT2D eigenvalue weighted by Gasteiger charge is -2.14. The third-order valence-electron chi connectivity index (χ3n) is 5.92. The zero-order chi connectivity index (χ0) is 20.1. The van der Waals surface area contributed by atoms with Gasteiger partial charge in [0, 0.05) is 21.8 Å². The molecule has 0 amide bonds. The molecule has 0 fully saturated rings. The summed E-state index contributed by atoms with van der Waals surface area (Å²) in [5.74, 6) is 0. The van der Waals surface area contributed by atoms with Crippen molar-refractivity contribution >= 4 is 38.3 Å². The number of fused-ring (bicyclic) bond motifs is 4. The molecule has 0 bridgehead atoms. The maximum Gasteiger partial charge on any atom is 0.0541 e. The molecule has 0 aliphatic carbocycles. The van der Waals surface area contributed by atoms with Crippen LogP contribution >= 0.6 is 0 Å². The molecule has 0 spiro atoms. The lowest BCUT2D eigenvalue weighted by molar-refractivity contribution is 1.20. The first-order chi connectivity index (χ1) is 14.8. The zero-order valence-corrected chi connectivity index (χ0v) is 16.4. The first kappa shape index (κ1) is 16.9. The van der Waals surface area contributed by atoms with Crippen LogP contribution in [0.2, 0.25) is 0 Å². The van der Waals surface area contributed by atoms with Crippen molar-refractivity contribution in [3.63, 3.8) is 0 Å². The number of para-hydroxylation sites is 2. The number of nitrogens with two attached hydrogens (primary N) is 1. The van der Waals surface area contributed by atoms with E-state index in [4.69, 9.17) is 5.73 Å². The van der Waals surface area contributed by atoms with Gasteiger partial charge in [0.05, 0.1) is 16.7 Å². The Hall–Kier alpha value is -4.04. The molecule has 0 aliphatic rings. The fraction of sp³-hybridized carbons (Fsp3) is 0. The van der Waals surface area contributed by atoms with Crippen molar-refractivity contribution in [2.24, 2.45) is 0 Å². The van der Waals surface area contributed by atoms with Gasteiger partial charge in [-0.15, -0.1) is 0 Å². The van der Waals surface area contributed by atoms with Gasteiger partial charge in [-0.3, -0.25) is 0 Å². The summed E-state index contributed by atoms with van der Waals surface area (Å²) in [4.78, 5) is 0. The Bertz CT molecular complexity index is 1500. The van der Waals surface area contributed by atoms with Crippen molar-refractivity contribution in [1.29, 1.82) is 0 Å². The molecule has 5 aromatic carbocycles. The molecule has 0 aliphatic heterocycles. The van der Waals surface area contributed by atoms with E-state index in [0.29, 0.717) is 0 Å². The van der Waals surface area contributed by atoms with Gasteiger partial charge in [-0.2, -0.15) is 0 Å². The minimum atomic E-state index is 0.781. The Morgan fingerprint density at radius 1 is 0.500 bits per heavy atom. The van der Waals surface area contributed by atoms with Crippen LogP contribution in [0, 0.1) is 0 Å². The van der Waals surface area contributed by atoms with E-state index in [1.54, 1.807) is 0 Å². The molecule has 6 aromatic rings. The lowest BCUT2D eigenvalue weighted by Crippen LogP contribution is -1.95. The van der Waals surface area contributed by atoms with Gasteiger partial charge < -0.3 is 10.3 Å². The van der Waals surface area contributed by atoms with Crippen molar-refractivity contribution in [3.05, 3.63) is 109 Å². The van der Waals surface area contributed by atoms with E-state index in [1.807, 2.05) is 18.2 Å². The van der Waals surface area contributed by atoms with Crippen LogP contribution in [-0.4, -0.2) is 4.57 Å². The summed E-state index contributed by atoms with van der Waals surface area (Å²) in [6.07, 6.45) is 0. The van der Waals surface area contributed by atoms with Crippen LogP contribution in [0.15, 0.2) is 109 Å². The Morgan fingerprint density at radius 3 is 1.83 bits per heavy atom. The van der Waals surface area contributed by atoms with Gasteiger partial charge in [-0.1, -0.05) is 78.9 Å². The van der Waals surface area contributed by atoms with Crippen LogP contribution in [0.3, 0.4) is 0 Å². The highest BCUT2D eigenvalue weighted by molar-refractivity contribution is 6.11. The predicted molar refractivity (Wildman–Crippen MR) is 128 cm³/mol. The fourth-order valence-electron chi connectivity index (χ4n) is 4.63. The third-order valence-corrected chi connectivity index (χ3v) is 5.92. The molecule has 2 heteroatoms. The van der Waals surface area contributed by atoms with Crippen molar-refractivity contribution in [3.8, 4) is 16.8 Å². The van der Waals surface area contributed by atoms with Gasteiger partial charge in [-0.25, -0.2) is 0 Å². The summed E-state index contributed by atoms with van der Waals surface area (Å²) in [7, 11) is 0. The highest BCUT2D eigenvalue weighted by Crippen LogP contribution is 2.37. The number of anilines is 1. The van der Waals surface area contributed by atoms with Crippen molar-refractivity contribution in [2.75, 3.05) is 5.73 Å². The van der Waals surface area contributed by atoms with E-state index in [2.05, 4.69) is 95.6 Å². The second-order valence-electron chi connectivity index (χ2n) is 7.67. The Morgan fingerprint density at radius 2 is 1.10 bits per heavy atom. The Balaban J connectivity index is 1.72. The quantitative estimate of drug-likeness (QED) is 0.315. The van der Waals surface area contributed by atoms with Crippen LogP contribution in [0.1, 0.15) is 0 Å². The molecule has 6 rings (SSSR count). The molecule has 0 saturated heterocycles. The molecular weight excluding hydrogens is 364 g/mol. The minimum absolute atomic E-state index is 0.781. The van der Waals surface area contributed by atoms with E-state index in [0.717, 1.165) is 11.3 Å². The largest absolute Gasteiger partial charge is 0.399 e. The number of aromatic nitrogens is 1. The minimum Gasteiger partial charge on any atom is -0.399 e. The summed E-state index contributed by atoms with van der Waals surface area (Å²) in [6, 6.07) is 38.5. The van der Waals surface area contributed by atoms with Gasteiger partial charge in [0.1, 0.15) is 0 Å². The lowest BCUT2D eigenvalue weighted by atomic mass is 9.97. The van der Waals surface area contributed by atoms with Gasteiger partial charge in [0.15, 0.2) is 0 Å². The molecule has 2 N–H and O–H groups in total. The van der Waals surface area contributed by atoms with E-state index in [1.165, 1.54) is 43.8 Å². The molecule has 142 valence electrons. The van der Waals surface area contributed by atoms with Crippen LogP contribution in [0.25, 0.3) is 49.4 Å². The van der Waals surface area contributed by atoms with Crippen LogP contribution in [0.5, 0.6) is 0 Å². The summed E-state index contributed by atoms with van der Waals surface area (Å²) >= 11 is 0. The van der Waals surface area contributed by atoms with Gasteiger partial charge >= 0.3 is 0 Å². The molecular formula is C28H20N2.